The molecule has 0 spiro atoms. The average Bonchev–Trinajstić information content (AvgIpc) is 2.92. The van der Waals surface area contributed by atoms with Gasteiger partial charge in [-0.2, -0.15) is 0 Å². The van der Waals surface area contributed by atoms with E-state index in [1.54, 1.807) is 6.26 Å². The number of fused-ring (bicyclic) bond motifs is 1. The first-order valence-corrected chi connectivity index (χ1v) is 12.3. The normalized spacial score (nSPS) is 25.5. The Morgan fingerprint density at radius 1 is 0.657 bits per heavy atom. The van der Waals surface area contributed by atoms with Crippen molar-refractivity contribution >= 4 is 0 Å². The first-order chi connectivity index (χ1) is 17.4. The second-order valence-electron chi connectivity index (χ2n) is 8.94. The molecule has 2 aliphatic heterocycles. The summed E-state index contributed by atoms with van der Waals surface area (Å²) in [6.07, 6.45) is 3.26. The summed E-state index contributed by atoms with van der Waals surface area (Å²) in [5, 5.41) is 0. The van der Waals surface area contributed by atoms with E-state index in [0.29, 0.717) is 26.4 Å². The monoisotopic (exact) mass is 472 g/mol. The summed E-state index contributed by atoms with van der Waals surface area (Å²) >= 11 is 0. The fourth-order valence-electron chi connectivity index (χ4n) is 4.61. The van der Waals surface area contributed by atoms with Crippen LogP contribution >= 0.6 is 0 Å². The van der Waals surface area contributed by atoms with Crippen molar-refractivity contribution in [3.05, 3.63) is 120 Å². The van der Waals surface area contributed by atoms with E-state index >= 15 is 0 Å². The van der Waals surface area contributed by atoms with Gasteiger partial charge in [0, 0.05) is 0 Å². The van der Waals surface area contributed by atoms with Gasteiger partial charge in [-0.3, -0.25) is 0 Å². The van der Waals surface area contributed by atoms with Gasteiger partial charge in [0.1, 0.15) is 24.4 Å². The third-order valence-electron chi connectivity index (χ3n) is 6.39. The Labute approximate surface area is 207 Å². The van der Waals surface area contributed by atoms with Gasteiger partial charge < -0.3 is 23.7 Å². The summed E-state index contributed by atoms with van der Waals surface area (Å²) < 4.78 is 31.7. The highest BCUT2D eigenvalue weighted by Crippen LogP contribution is 2.33. The molecule has 35 heavy (non-hydrogen) atoms. The van der Waals surface area contributed by atoms with Crippen molar-refractivity contribution in [3.63, 3.8) is 0 Å². The van der Waals surface area contributed by atoms with E-state index in [4.69, 9.17) is 23.7 Å². The number of benzene rings is 3. The smallest absolute Gasteiger partial charge is 0.153 e. The number of hydrogen-bond acceptors (Lipinski definition) is 5. The van der Waals surface area contributed by atoms with Gasteiger partial charge in [-0.05, 0) is 29.2 Å². The summed E-state index contributed by atoms with van der Waals surface area (Å²) in [5.41, 5.74) is 3.34. The summed E-state index contributed by atoms with van der Waals surface area (Å²) in [6.45, 7) is 1.87. The molecule has 2 aliphatic rings. The van der Waals surface area contributed by atoms with Crippen LogP contribution in [0.25, 0.3) is 0 Å². The predicted molar refractivity (Wildman–Crippen MR) is 133 cm³/mol. The lowest BCUT2D eigenvalue weighted by Crippen LogP contribution is -2.61. The predicted octanol–water partition coefficient (Wildman–Crippen LogP) is 5.44. The molecular formula is C30H32O5. The zero-order chi connectivity index (χ0) is 23.7. The first kappa shape index (κ1) is 23.8. The van der Waals surface area contributed by atoms with Crippen LogP contribution in [-0.2, 0) is 43.5 Å². The van der Waals surface area contributed by atoms with Crippen LogP contribution in [0.1, 0.15) is 23.1 Å². The van der Waals surface area contributed by atoms with Gasteiger partial charge >= 0.3 is 0 Å². The van der Waals surface area contributed by atoms with Gasteiger partial charge in [0.15, 0.2) is 6.10 Å². The molecule has 5 rings (SSSR count). The lowest BCUT2D eigenvalue weighted by Gasteiger charge is -2.46. The zero-order valence-corrected chi connectivity index (χ0v) is 19.8. The topological polar surface area (TPSA) is 46.2 Å². The fraction of sp³-hybridized carbons (Fsp3) is 0.333. The van der Waals surface area contributed by atoms with E-state index in [1.807, 2.05) is 60.7 Å². The molecule has 0 N–H and O–H groups in total. The van der Waals surface area contributed by atoms with Crippen LogP contribution in [0.15, 0.2) is 103 Å². The Kier molecular flexibility index (Phi) is 8.24. The highest BCUT2D eigenvalue weighted by molar-refractivity contribution is 5.15. The third-order valence-corrected chi connectivity index (χ3v) is 6.39. The van der Waals surface area contributed by atoms with Crippen molar-refractivity contribution in [2.45, 2.75) is 56.8 Å². The van der Waals surface area contributed by atoms with Crippen molar-refractivity contribution in [3.8, 4) is 0 Å². The molecule has 0 amide bonds. The van der Waals surface area contributed by atoms with Crippen LogP contribution in [0.4, 0.5) is 0 Å². The first-order valence-electron chi connectivity index (χ1n) is 12.3. The lowest BCUT2D eigenvalue weighted by molar-refractivity contribution is -0.264. The van der Waals surface area contributed by atoms with Crippen LogP contribution in [0.5, 0.6) is 0 Å². The largest absolute Gasteiger partial charge is 0.493 e. The Morgan fingerprint density at radius 2 is 1.20 bits per heavy atom. The molecule has 0 unspecified atom stereocenters. The molecule has 0 saturated carbocycles. The molecule has 182 valence electrons. The van der Waals surface area contributed by atoms with Gasteiger partial charge in [-0.25, -0.2) is 0 Å². The molecule has 0 radical (unpaired) electrons. The molecule has 0 aliphatic carbocycles. The van der Waals surface area contributed by atoms with E-state index in [1.165, 1.54) is 0 Å². The standard InChI is InChI=1S/C30H32O5/c1-4-11-23(12-5-1)19-31-22-27-29(33-20-24-13-6-2-7-14-24)30(28-26(35-27)17-10-18-32-28)34-21-25-15-8-3-9-16-25/h1-16,18,26-30H,17,19-22H2/t26-,27+,28-,29+,30+/m0/s1. The molecule has 5 nitrogen and oxygen atoms in total. The summed E-state index contributed by atoms with van der Waals surface area (Å²) in [6, 6.07) is 30.5. The van der Waals surface area contributed by atoms with E-state index in [9.17, 15) is 0 Å². The SMILES string of the molecule is C1=CO[C@@H]2[C@@H](OCc3ccccc3)[C@H](OCc3ccccc3)[C@@H](COCc3ccccc3)O[C@H]2C1. The van der Waals surface area contributed by atoms with Crippen molar-refractivity contribution < 1.29 is 23.7 Å². The maximum Gasteiger partial charge on any atom is 0.153 e. The second kappa shape index (κ2) is 12.1. The average molecular weight is 473 g/mol. The van der Waals surface area contributed by atoms with Crippen LogP contribution in [0.3, 0.4) is 0 Å². The molecule has 5 atom stereocenters. The molecule has 3 aromatic rings. The number of rotatable bonds is 10. The van der Waals surface area contributed by atoms with Gasteiger partial charge in [0.05, 0.1) is 32.7 Å². The van der Waals surface area contributed by atoms with Crippen molar-refractivity contribution in [2.24, 2.45) is 0 Å². The lowest BCUT2D eigenvalue weighted by atomic mass is 9.91. The highest BCUT2D eigenvalue weighted by Gasteiger charge is 2.49. The van der Waals surface area contributed by atoms with Crippen molar-refractivity contribution in [2.75, 3.05) is 6.61 Å². The van der Waals surface area contributed by atoms with Crippen molar-refractivity contribution in [1.82, 2.24) is 0 Å². The molecule has 2 heterocycles. The molecule has 0 aromatic heterocycles. The molecule has 1 saturated heterocycles. The fourth-order valence-corrected chi connectivity index (χ4v) is 4.61. The van der Waals surface area contributed by atoms with Crippen LogP contribution in [-0.4, -0.2) is 37.1 Å². The van der Waals surface area contributed by atoms with Crippen LogP contribution in [0.2, 0.25) is 0 Å². The van der Waals surface area contributed by atoms with Gasteiger partial charge in [0.25, 0.3) is 0 Å². The van der Waals surface area contributed by atoms with Gasteiger partial charge in [-0.15, -0.1) is 0 Å². The Bertz CT molecular complexity index is 1040. The van der Waals surface area contributed by atoms with Crippen LogP contribution in [0, 0.1) is 0 Å². The van der Waals surface area contributed by atoms with E-state index in [2.05, 4.69) is 36.4 Å². The van der Waals surface area contributed by atoms with Crippen molar-refractivity contribution in [1.29, 1.82) is 0 Å². The minimum Gasteiger partial charge on any atom is -0.493 e. The maximum atomic E-state index is 6.51. The molecule has 5 heteroatoms. The van der Waals surface area contributed by atoms with Gasteiger partial charge in [-0.1, -0.05) is 91.0 Å². The summed E-state index contributed by atoms with van der Waals surface area (Å²) in [5.74, 6) is 0. The maximum absolute atomic E-state index is 6.51. The van der Waals surface area contributed by atoms with E-state index in [-0.39, 0.29) is 30.5 Å². The zero-order valence-electron chi connectivity index (χ0n) is 19.8. The molecule has 1 fully saturated rings. The minimum atomic E-state index is -0.345. The van der Waals surface area contributed by atoms with E-state index < -0.39 is 0 Å². The summed E-state index contributed by atoms with van der Waals surface area (Å²) in [7, 11) is 0. The molecular weight excluding hydrogens is 440 g/mol. The van der Waals surface area contributed by atoms with Crippen LogP contribution < -0.4 is 0 Å². The Morgan fingerprint density at radius 3 is 1.80 bits per heavy atom. The second-order valence-corrected chi connectivity index (χ2v) is 8.94. The highest BCUT2D eigenvalue weighted by atomic mass is 16.6. The summed E-state index contributed by atoms with van der Waals surface area (Å²) in [4.78, 5) is 0. The molecule has 3 aromatic carbocycles. The number of hydrogen-bond donors (Lipinski definition) is 0. The number of ether oxygens (including phenoxy) is 5. The van der Waals surface area contributed by atoms with Gasteiger partial charge in [0.2, 0.25) is 0 Å². The Hall–Kier alpha value is -2.96. The molecule has 0 bridgehead atoms. The van der Waals surface area contributed by atoms with E-state index in [0.717, 1.165) is 23.1 Å². The Balaban J connectivity index is 1.33. The quantitative estimate of drug-likeness (QED) is 0.393. The minimum absolute atomic E-state index is 0.109. The third kappa shape index (κ3) is 6.38.